The molecule has 336 valence electrons. The molecule has 21 heteroatoms. The van der Waals surface area contributed by atoms with E-state index in [9.17, 15) is 32.3 Å². The highest BCUT2D eigenvalue weighted by Crippen LogP contribution is 2.36. The first kappa shape index (κ1) is 43.9. The fraction of sp³-hybridized carbons (Fsp3) is 0.395. The first-order valence-corrected chi connectivity index (χ1v) is 20.7. The van der Waals surface area contributed by atoms with Crippen LogP contribution >= 0.6 is 0 Å². The van der Waals surface area contributed by atoms with E-state index < -0.39 is 59.4 Å². The lowest BCUT2D eigenvalue weighted by molar-refractivity contribution is -0.136. The second kappa shape index (κ2) is 18.2. The van der Waals surface area contributed by atoms with Gasteiger partial charge in [0.25, 0.3) is 18.2 Å². The summed E-state index contributed by atoms with van der Waals surface area (Å²) in [4.78, 5) is 70.6. The lowest BCUT2D eigenvalue weighted by Crippen LogP contribution is -2.64. The maximum Gasteiger partial charge on any atom is 0.266 e. The highest BCUT2D eigenvalue weighted by molar-refractivity contribution is 6.25. The number of halogens is 4. The number of anilines is 3. The number of nitrogens with one attached hydrogen (secondary N) is 2. The van der Waals surface area contributed by atoms with Crippen molar-refractivity contribution in [2.45, 2.75) is 75.6 Å². The molecule has 0 radical (unpaired) electrons. The van der Waals surface area contributed by atoms with Crippen molar-refractivity contribution >= 4 is 52.0 Å². The van der Waals surface area contributed by atoms with Gasteiger partial charge in [0, 0.05) is 50.0 Å². The van der Waals surface area contributed by atoms with Crippen molar-refractivity contribution in [1.82, 2.24) is 34.7 Å². The van der Waals surface area contributed by atoms with Gasteiger partial charge in [0.2, 0.25) is 11.8 Å². The predicted molar refractivity (Wildman–Crippen MR) is 225 cm³/mol. The summed E-state index contributed by atoms with van der Waals surface area (Å²) in [7, 11) is 1.23. The van der Waals surface area contributed by atoms with Gasteiger partial charge >= 0.3 is 0 Å². The number of rotatable bonds is 16. The number of alkyl halides is 2. The van der Waals surface area contributed by atoms with Crippen LogP contribution in [0.3, 0.4) is 0 Å². The number of carbonyl (C=O) groups excluding carboxylic acids is 4. The average Bonchev–Trinajstić information content (AvgIpc) is 3.80. The first-order chi connectivity index (χ1) is 30.8. The molecular formula is C43H45F4N11O6. The minimum absolute atomic E-state index is 0.00717. The van der Waals surface area contributed by atoms with Crippen molar-refractivity contribution in [1.29, 1.82) is 0 Å². The number of hydrogen-bond donors (Lipinski definition) is 4. The monoisotopic (exact) mass is 887 g/mol. The third-order valence-electron chi connectivity index (χ3n) is 11.8. The van der Waals surface area contributed by atoms with Gasteiger partial charge in [-0.25, -0.2) is 32.5 Å². The normalized spacial score (nSPS) is 19.4. The molecule has 6 N–H and O–H groups in total. The molecule has 17 nitrogen and oxygen atoms in total. The van der Waals surface area contributed by atoms with Crippen LogP contribution in [0.4, 0.5) is 34.8 Å². The van der Waals surface area contributed by atoms with Gasteiger partial charge in [-0.2, -0.15) is 0 Å². The standard InChI is InChI=1S/C43H45F4N11O6/c1-63-32-17-26(44)25(16-27(32)45)29-15-23(19-57-22-54-35-38(48)52-21-53-39(35)57)31(18-51-29)56-13-6-11-43(49,20-56)36(37(46)47)64-14-4-2-3-12-50-28-8-5-7-24-34(28)42(62)58(41(24)61)30-9-10-33(59)55-40(30)60/h5,7-8,15-18,21-22,30,36-37,50H,2-4,6,9-14,19-20,49H2,1H3,(H2,48,52,53)(H,55,59,60)/t30?,36-,43-/m1/s1. The zero-order valence-corrected chi connectivity index (χ0v) is 34.7. The van der Waals surface area contributed by atoms with Crippen LogP contribution in [0.15, 0.2) is 55.2 Å². The summed E-state index contributed by atoms with van der Waals surface area (Å²) in [6.07, 6.45) is 2.04. The van der Waals surface area contributed by atoms with Crippen LogP contribution in [0.25, 0.3) is 22.4 Å². The maximum atomic E-state index is 15.3. The number of ether oxygens (including phenoxy) is 2. The Kier molecular flexibility index (Phi) is 12.5. The Hall–Kier alpha value is -6.74. The number of pyridine rings is 1. The molecule has 3 aliphatic heterocycles. The van der Waals surface area contributed by atoms with Crippen molar-refractivity contribution in [3.63, 3.8) is 0 Å². The summed E-state index contributed by atoms with van der Waals surface area (Å²) >= 11 is 0. The van der Waals surface area contributed by atoms with Crippen LogP contribution in [-0.4, -0.2) is 110 Å². The Bertz CT molecular complexity index is 2630. The molecular weight excluding hydrogens is 843 g/mol. The molecule has 5 aromatic rings. The van der Waals surface area contributed by atoms with E-state index in [0.717, 1.165) is 17.0 Å². The van der Waals surface area contributed by atoms with E-state index in [1.807, 2.05) is 4.90 Å². The second-order valence-corrected chi connectivity index (χ2v) is 16.0. The number of benzene rings is 2. The van der Waals surface area contributed by atoms with E-state index in [0.29, 0.717) is 66.9 Å². The number of nitrogens with two attached hydrogens (primary N) is 2. The molecule has 64 heavy (non-hydrogen) atoms. The number of unbranched alkanes of at least 4 members (excludes halogenated alkanes) is 2. The minimum Gasteiger partial charge on any atom is -0.494 e. The zero-order chi connectivity index (χ0) is 45.3. The number of imide groups is 2. The van der Waals surface area contributed by atoms with Gasteiger partial charge in [0.1, 0.15) is 29.8 Å². The fourth-order valence-electron chi connectivity index (χ4n) is 8.67. The van der Waals surface area contributed by atoms with Crippen LogP contribution in [-0.2, 0) is 20.9 Å². The lowest BCUT2D eigenvalue weighted by Gasteiger charge is -2.45. The number of aromatic nitrogens is 5. The van der Waals surface area contributed by atoms with E-state index in [4.69, 9.17) is 20.9 Å². The summed E-state index contributed by atoms with van der Waals surface area (Å²) < 4.78 is 72.3. The van der Waals surface area contributed by atoms with Gasteiger partial charge < -0.3 is 35.7 Å². The second-order valence-electron chi connectivity index (χ2n) is 16.0. The SMILES string of the molecule is COc1cc(F)c(-c2cc(Cn3cnc4c(N)ncnc43)c(N3CCC[C@](N)([C@H](OCCCCCNc4cccc5c4C(=O)N(C4CCC(=O)NC4=O)C5=O)C(F)F)C3)cn2)cc1F. The van der Waals surface area contributed by atoms with Crippen LogP contribution in [0.2, 0.25) is 0 Å². The highest BCUT2D eigenvalue weighted by atomic mass is 19.3. The fourth-order valence-corrected chi connectivity index (χ4v) is 8.67. The number of piperidine rings is 2. The quantitative estimate of drug-likeness (QED) is 0.0611. The third kappa shape index (κ3) is 8.51. The number of imidazole rings is 1. The van der Waals surface area contributed by atoms with Gasteiger partial charge in [-0.1, -0.05) is 6.07 Å². The van der Waals surface area contributed by atoms with E-state index in [1.165, 1.54) is 32.0 Å². The van der Waals surface area contributed by atoms with Crippen molar-refractivity contribution in [2.75, 3.05) is 49.3 Å². The topological polar surface area (TPSA) is 226 Å². The van der Waals surface area contributed by atoms with Gasteiger partial charge in [0.15, 0.2) is 23.0 Å². The van der Waals surface area contributed by atoms with Crippen molar-refractivity contribution in [3.05, 3.63) is 83.6 Å². The predicted octanol–water partition coefficient (Wildman–Crippen LogP) is 4.44. The average molecular weight is 888 g/mol. The molecule has 0 bridgehead atoms. The summed E-state index contributed by atoms with van der Waals surface area (Å²) in [6.45, 7) is 0.884. The summed E-state index contributed by atoms with van der Waals surface area (Å²) in [5.74, 6) is -4.05. The van der Waals surface area contributed by atoms with Gasteiger partial charge in [-0.05, 0) is 68.4 Å². The van der Waals surface area contributed by atoms with Crippen LogP contribution < -0.4 is 31.7 Å². The molecule has 6 heterocycles. The number of carbonyl (C=O) groups is 4. The Morgan fingerprint density at radius 3 is 2.61 bits per heavy atom. The maximum absolute atomic E-state index is 15.3. The molecule has 2 fully saturated rings. The molecule has 3 aliphatic rings. The first-order valence-electron chi connectivity index (χ1n) is 20.7. The zero-order valence-electron chi connectivity index (χ0n) is 34.7. The van der Waals surface area contributed by atoms with Crippen LogP contribution in [0.5, 0.6) is 5.75 Å². The Morgan fingerprint density at radius 1 is 1.00 bits per heavy atom. The Morgan fingerprint density at radius 2 is 1.83 bits per heavy atom. The van der Waals surface area contributed by atoms with E-state index in [2.05, 4.69) is 30.6 Å². The Balaban J connectivity index is 0.920. The largest absolute Gasteiger partial charge is 0.494 e. The van der Waals surface area contributed by atoms with Crippen molar-refractivity contribution in [3.8, 4) is 17.0 Å². The molecule has 8 rings (SSSR count). The number of fused-ring (bicyclic) bond motifs is 2. The summed E-state index contributed by atoms with van der Waals surface area (Å²) in [5, 5.41) is 5.37. The molecule has 3 aromatic heterocycles. The molecule has 0 spiro atoms. The van der Waals surface area contributed by atoms with Crippen LogP contribution in [0.1, 0.15) is 71.2 Å². The Labute approximate surface area is 363 Å². The third-order valence-corrected chi connectivity index (χ3v) is 11.8. The molecule has 2 saturated heterocycles. The van der Waals surface area contributed by atoms with E-state index in [1.54, 1.807) is 22.8 Å². The molecule has 0 aliphatic carbocycles. The smallest absolute Gasteiger partial charge is 0.266 e. The van der Waals surface area contributed by atoms with Crippen LogP contribution in [0, 0.1) is 11.6 Å². The summed E-state index contributed by atoms with van der Waals surface area (Å²) in [5.41, 5.74) is 14.0. The minimum atomic E-state index is -2.91. The molecule has 4 amide bonds. The summed E-state index contributed by atoms with van der Waals surface area (Å²) in [6, 6.07) is 7.22. The number of nitrogens with zero attached hydrogens (tertiary/aromatic N) is 7. The van der Waals surface area contributed by atoms with Gasteiger partial charge in [-0.15, -0.1) is 0 Å². The molecule has 0 saturated carbocycles. The number of hydrogen-bond acceptors (Lipinski definition) is 14. The number of methoxy groups -OCH3 is 1. The van der Waals surface area contributed by atoms with E-state index >= 15 is 4.39 Å². The number of amides is 4. The van der Waals surface area contributed by atoms with Gasteiger partial charge in [-0.3, -0.25) is 34.4 Å². The highest BCUT2D eigenvalue weighted by Gasteiger charge is 2.47. The van der Waals surface area contributed by atoms with E-state index in [-0.39, 0.29) is 72.9 Å². The number of nitrogen functional groups attached to an aromatic ring is 1. The van der Waals surface area contributed by atoms with Crippen molar-refractivity contribution in [2.24, 2.45) is 5.73 Å². The molecule has 2 aromatic carbocycles. The van der Waals surface area contributed by atoms with Crippen molar-refractivity contribution < 1.29 is 46.2 Å². The molecule has 1 unspecified atom stereocenters. The molecule has 3 atom stereocenters. The lowest BCUT2D eigenvalue weighted by atomic mass is 9.84. The van der Waals surface area contributed by atoms with Gasteiger partial charge in [0.05, 0.1) is 54.2 Å².